The van der Waals surface area contributed by atoms with E-state index in [-0.39, 0.29) is 27.3 Å². The van der Waals surface area contributed by atoms with Gasteiger partial charge in [-0.15, -0.1) is 0 Å². The van der Waals surface area contributed by atoms with Crippen molar-refractivity contribution in [1.82, 2.24) is 0 Å². The summed E-state index contributed by atoms with van der Waals surface area (Å²) in [6.45, 7) is 0. The van der Waals surface area contributed by atoms with Crippen LogP contribution in [-0.2, 0) is 0 Å². The van der Waals surface area contributed by atoms with E-state index in [1.807, 2.05) is 18.2 Å². The molecule has 0 N–H and O–H groups in total. The van der Waals surface area contributed by atoms with Crippen LogP contribution in [-0.4, -0.2) is 10.9 Å². The topological polar surface area (TPSA) is 99.7 Å². The lowest BCUT2D eigenvalue weighted by atomic mass is 10.1. The van der Waals surface area contributed by atoms with E-state index in [0.29, 0.717) is 10.9 Å². The zero-order chi connectivity index (χ0) is 21.3. The van der Waals surface area contributed by atoms with Gasteiger partial charge < -0.3 is 9.15 Å². The number of fused-ring (bicyclic) bond motifs is 1. The van der Waals surface area contributed by atoms with E-state index in [1.165, 1.54) is 36.6 Å². The normalized spacial score (nSPS) is 10.7. The van der Waals surface area contributed by atoms with Crippen LogP contribution in [0, 0.1) is 10.1 Å². The summed E-state index contributed by atoms with van der Waals surface area (Å²) in [6, 6.07) is 17.1. The largest absolute Gasteiger partial charge is 0.463 e. The number of carbonyl (C=O) groups is 1. The van der Waals surface area contributed by atoms with Crippen molar-refractivity contribution in [1.29, 1.82) is 0 Å². The van der Waals surface area contributed by atoms with Crippen LogP contribution in [0.25, 0.3) is 22.1 Å². The van der Waals surface area contributed by atoms with Gasteiger partial charge in [0.1, 0.15) is 22.6 Å². The van der Waals surface area contributed by atoms with Gasteiger partial charge in [-0.05, 0) is 29.8 Å². The quantitative estimate of drug-likeness (QED) is 0.193. The molecule has 0 unspecified atom stereocenters. The van der Waals surface area contributed by atoms with E-state index in [2.05, 4.69) is 0 Å². The molecular weight excluding hydrogens is 410 g/mol. The fraction of sp³-hybridized carbons (Fsp3) is 0. The molecule has 0 aliphatic carbocycles. The number of rotatable bonds is 4. The highest BCUT2D eigenvalue weighted by Gasteiger charge is 2.18. The Bertz CT molecular complexity index is 1350. The Morgan fingerprint density at radius 1 is 1.03 bits per heavy atom. The summed E-state index contributed by atoms with van der Waals surface area (Å²) in [7, 11) is 0. The van der Waals surface area contributed by atoms with E-state index in [9.17, 15) is 19.7 Å². The number of esters is 1. The third-order valence-corrected chi connectivity index (χ3v) is 4.74. The molecule has 0 saturated carbocycles. The van der Waals surface area contributed by atoms with Gasteiger partial charge >= 0.3 is 5.97 Å². The molecule has 148 valence electrons. The molecule has 0 radical (unpaired) electrons. The second kappa shape index (κ2) is 7.81. The first-order valence-corrected chi connectivity index (χ1v) is 9.09. The fourth-order valence-corrected chi connectivity index (χ4v) is 3.12. The number of benzene rings is 3. The maximum atomic E-state index is 12.8. The standard InChI is InChI=1S/C22H12ClNO6/c23-18-9-6-14(10-19(18)24(27)28)22(26)30-15-7-8-16-20(11-15)29-12-17(21(16)25)13-4-2-1-3-5-13/h1-12H. The number of carbonyl (C=O) groups excluding carboxylic acids is 1. The monoisotopic (exact) mass is 421 g/mol. The van der Waals surface area contributed by atoms with Crippen molar-refractivity contribution in [2.24, 2.45) is 0 Å². The summed E-state index contributed by atoms with van der Waals surface area (Å²) >= 11 is 5.76. The molecule has 0 atom stereocenters. The van der Waals surface area contributed by atoms with E-state index in [4.69, 9.17) is 20.8 Å². The summed E-state index contributed by atoms with van der Waals surface area (Å²) in [5, 5.41) is 11.2. The van der Waals surface area contributed by atoms with Gasteiger partial charge in [0.2, 0.25) is 0 Å². The Kier molecular flexibility index (Phi) is 5.04. The predicted molar refractivity (Wildman–Crippen MR) is 111 cm³/mol. The molecule has 0 saturated heterocycles. The van der Waals surface area contributed by atoms with E-state index < -0.39 is 16.6 Å². The van der Waals surface area contributed by atoms with Crippen molar-refractivity contribution < 1.29 is 18.9 Å². The lowest BCUT2D eigenvalue weighted by Gasteiger charge is -2.07. The number of nitro groups is 1. The van der Waals surface area contributed by atoms with E-state index >= 15 is 0 Å². The molecule has 0 bridgehead atoms. The van der Waals surface area contributed by atoms with Crippen LogP contribution < -0.4 is 10.2 Å². The van der Waals surface area contributed by atoms with Crippen molar-refractivity contribution in [2.45, 2.75) is 0 Å². The predicted octanol–water partition coefficient (Wildman–Crippen LogP) is 5.24. The van der Waals surface area contributed by atoms with Crippen molar-refractivity contribution in [3.8, 4) is 16.9 Å². The van der Waals surface area contributed by atoms with Gasteiger partial charge in [0.05, 0.1) is 21.4 Å². The third kappa shape index (κ3) is 3.66. The Morgan fingerprint density at radius 2 is 1.80 bits per heavy atom. The number of nitro benzene ring substituents is 1. The average molecular weight is 422 g/mol. The molecule has 0 spiro atoms. The van der Waals surface area contributed by atoms with Crippen molar-refractivity contribution in [2.75, 3.05) is 0 Å². The summed E-state index contributed by atoms with van der Waals surface area (Å²) in [5.74, 6) is -0.682. The SMILES string of the molecule is O=C(Oc1ccc2c(=O)c(-c3ccccc3)coc2c1)c1ccc(Cl)c([N+](=O)[O-])c1. The van der Waals surface area contributed by atoms with Crippen LogP contribution in [0.15, 0.2) is 82.2 Å². The zero-order valence-electron chi connectivity index (χ0n) is 15.2. The maximum Gasteiger partial charge on any atom is 0.343 e. The van der Waals surface area contributed by atoms with Gasteiger partial charge in [-0.2, -0.15) is 0 Å². The minimum atomic E-state index is -0.808. The highest BCUT2D eigenvalue weighted by molar-refractivity contribution is 6.32. The van der Waals surface area contributed by atoms with Crippen LogP contribution in [0.4, 0.5) is 5.69 Å². The molecule has 1 aromatic heterocycles. The molecule has 4 aromatic rings. The summed E-state index contributed by atoms with van der Waals surface area (Å²) < 4.78 is 10.8. The van der Waals surface area contributed by atoms with Crippen molar-refractivity contribution >= 4 is 34.2 Å². The number of halogens is 1. The van der Waals surface area contributed by atoms with Crippen LogP contribution in [0.3, 0.4) is 0 Å². The molecule has 4 rings (SSSR count). The summed E-state index contributed by atoms with van der Waals surface area (Å²) in [6.07, 6.45) is 1.36. The Labute approximate surface area is 174 Å². The Morgan fingerprint density at radius 3 is 2.53 bits per heavy atom. The van der Waals surface area contributed by atoms with Crippen molar-refractivity contribution in [3.63, 3.8) is 0 Å². The summed E-state index contributed by atoms with van der Waals surface area (Å²) in [4.78, 5) is 35.4. The highest BCUT2D eigenvalue weighted by Crippen LogP contribution is 2.27. The Hall–Kier alpha value is -3.97. The van der Waals surface area contributed by atoms with Gasteiger partial charge in [0.25, 0.3) is 5.69 Å². The number of hydrogen-bond acceptors (Lipinski definition) is 6. The van der Waals surface area contributed by atoms with Crippen LogP contribution >= 0.6 is 11.6 Å². The molecular formula is C22H12ClNO6. The van der Waals surface area contributed by atoms with Gasteiger partial charge in [0.15, 0.2) is 5.43 Å². The zero-order valence-corrected chi connectivity index (χ0v) is 16.0. The number of ether oxygens (including phenoxy) is 1. The lowest BCUT2D eigenvalue weighted by Crippen LogP contribution is -2.09. The molecule has 8 heteroatoms. The van der Waals surface area contributed by atoms with Gasteiger partial charge in [-0.1, -0.05) is 41.9 Å². The van der Waals surface area contributed by atoms with Crippen molar-refractivity contribution in [3.05, 3.63) is 104 Å². The third-order valence-electron chi connectivity index (χ3n) is 4.42. The second-order valence-corrected chi connectivity index (χ2v) is 6.72. The molecule has 0 fully saturated rings. The van der Waals surface area contributed by atoms with E-state index in [1.54, 1.807) is 12.1 Å². The van der Waals surface area contributed by atoms with Gasteiger partial charge in [-0.25, -0.2) is 4.79 Å². The maximum absolute atomic E-state index is 12.8. The van der Waals surface area contributed by atoms with Crippen LogP contribution in [0.2, 0.25) is 5.02 Å². The first-order valence-electron chi connectivity index (χ1n) is 8.71. The summed E-state index contributed by atoms with van der Waals surface area (Å²) in [5.41, 5.74) is 0.742. The fourth-order valence-electron chi connectivity index (χ4n) is 2.93. The van der Waals surface area contributed by atoms with E-state index in [0.717, 1.165) is 11.6 Å². The first kappa shape index (κ1) is 19.4. The highest BCUT2D eigenvalue weighted by atomic mass is 35.5. The van der Waals surface area contributed by atoms with Gasteiger partial charge in [0, 0.05) is 12.1 Å². The number of nitrogens with zero attached hydrogens (tertiary/aromatic N) is 1. The molecule has 0 aliphatic heterocycles. The average Bonchev–Trinajstić information content (AvgIpc) is 2.74. The number of hydrogen-bond donors (Lipinski definition) is 0. The van der Waals surface area contributed by atoms with Crippen LogP contribution in [0.1, 0.15) is 10.4 Å². The minimum Gasteiger partial charge on any atom is -0.463 e. The Balaban J connectivity index is 1.65. The minimum absolute atomic E-state index is 0.0351. The smallest absolute Gasteiger partial charge is 0.343 e. The molecule has 0 aliphatic rings. The van der Waals surface area contributed by atoms with Crippen LogP contribution in [0.5, 0.6) is 5.75 Å². The molecule has 30 heavy (non-hydrogen) atoms. The molecule has 0 amide bonds. The van der Waals surface area contributed by atoms with Gasteiger partial charge in [-0.3, -0.25) is 14.9 Å². The molecule has 1 heterocycles. The first-order chi connectivity index (χ1) is 14.4. The molecule has 7 nitrogen and oxygen atoms in total. The lowest BCUT2D eigenvalue weighted by molar-refractivity contribution is -0.384. The molecule has 3 aromatic carbocycles. The second-order valence-electron chi connectivity index (χ2n) is 6.32.